The molecule has 4 nitrogen and oxygen atoms in total. The standard InChI is InChI=1S/C10H22N2O2S/c1-10(2)9-12(6-5-11(10)3)7-8-15(4,13)14/h5-9H2,1-4H3. The first-order valence-corrected chi connectivity index (χ1v) is 7.38. The second-order valence-electron chi connectivity index (χ2n) is 5.14. The average molecular weight is 234 g/mol. The van der Waals surface area contributed by atoms with Crippen LogP contribution in [-0.2, 0) is 9.84 Å². The number of hydrogen-bond donors (Lipinski definition) is 0. The molecule has 5 heteroatoms. The molecule has 0 unspecified atom stereocenters. The maximum Gasteiger partial charge on any atom is 0.148 e. The van der Waals surface area contributed by atoms with E-state index in [1.165, 1.54) is 6.26 Å². The zero-order valence-corrected chi connectivity index (χ0v) is 11.0. The molecule has 15 heavy (non-hydrogen) atoms. The lowest BCUT2D eigenvalue weighted by atomic mass is 10.00. The zero-order valence-electron chi connectivity index (χ0n) is 10.2. The van der Waals surface area contributed by atoms with Crippen molar-refractivity contribution < 1.29 is 8.42 Å². The van der Waals surface area contributed by atoms with Crippen LogP contribution in [0.1, 0.15) is 13.8 Å². The van der Waals surface area contributed by atoms with Crippen LogP contribution >= 0.6 is 0 Å². The molecule has 1 heterocycles. The fourth-order valence-corrected chi connectivity index (χ4v) is 2.42. The lowest BCUT2D eigenvalue weighted by Gasteiger charge is -2.45. The van der Waals surface area contributed by atoms with Crippen LogP contribution in [0.3, 0.4) is 0 Å². The topological polar surface area (TPSA) is 40.6 Å². The molecule has 0 bridgehead atoms. The van der Waals surface area contributed by atoms with E-state index in [0.29, 0.717) is 6.54 Å². The van der Waals surface area contributed by atoms with E-state index in [9.17, 15) is 8.42 Å². The van der Waals surface area contributed by atoms with Crippen LogP contribution in [-0.4, -0.2) is 69.0 Å². The molecular formula is C10H22N2O2S. The Morgan fingerprint density at radius 2 is 1.87 bits per heavy atom. The number of likely N-dealkylation sites (N-methyl/N-ethyl adjacent to an activating group) is 1. The minimum atomic E-state index is -2.83. The summed E-state index contributed by atoms with van der Waals surface area (Å²) in [5, 5.41) is 0. The average Bonchev–Trinajstić information content (AvgIpc) is 2.06. The van der Waals surface area contributed by atoms with E-state index in [0.717, 1.165) is 19.6 Å². The fraction of sp³-hybridized carbons (Fsp3) is 1.00. The second kappa shape index (κ2) is 4.39. The highest BCUT2D eigenvalue weighted by Crippen LogP contribution is 2.18. The van der Waals surface area contributed by atoms with Gasteiger partial charge in [0.1, 0.15) is 9.84 Å². The second-order valence-corrected chi connectivity index (χ2v) is 7.40. The van der Waals surface area contributed by atoms with Crippen molar-refractivity contribution in [1.82, 2.24) is 9.80 Å². The molecule has 0 aliphatic carbocycles. The van der Waals surface area contributed by atoms with E-state index in [2.05, 4.69) is 30.7 Å². The first-order chi connectivity index (χ1) is 6.71. The lowest BCUT2D eigenvalue weighted by Crippen LogP contribution is -2.58. The SMILES string of the molecule is CN1CCN(CCS(C)(=O)=O)CC1(C)C. The van der Waals surface area contributed by atoms with E-state index in [1.54, 1.807) is 0 Å². The van der Waals surface area contributed by atoms with Crippen molar-refractivity contribution >= 4 is 9.84 Å². The molecule has 1 aliphatic heterocycles. The van der Waals surface area contributed by atoms with Crippen molar-refractivity contribution in [3.63, 3.8) is 0 Å². The number of sulfone groups is 1. The van der Waals surface area contributed by atoms with Gasteiger partial charge in [0.05, 0.1) is 5.75 Å². The molecule has 0 atom stereocenters. The summed E-state index contributed by atoms with van der Waals surface area (Å²) in [5.74, 6) is 0.271. The van der Waals surface area contributed by atoms with Crippen molar-refractivity contribution in [3.05, 3.63) is 0 Å². The van der Waals surface area contributed by atoms with Crippen LogP contribution in [0.25, 0.3) is 0 Å². The molecular weight excluding hydrogens is 212 g/mol. The highest BCUT2D eigenvalue weighted by Gasteiger charge is 2.30. The van der Waals surface area contributed by atoms with E-state index in [1.807, 2.05) is 0 Å². The third-order valence-electron chi connectivity index (χ3n) is 3.17. The maximum atomic E-state index is 11.1. The van der Waals surface area contributed by atoms with Gasteiger partial charge in [-0.15, -0.1) is 0 Å². The van der Waals surface area contributed by atoms with Gasteiger partial charge in [-0.1, -0.05) is 0 Å². The Bertz CT molecular complexity index is 311. The molecule has 90 valence electrons. The molecule has 0 aromatic rings. The van der Waals surface area contributed by atoms with Gasteiger partial charge in [-0.25, -0.2) is 8.42 Å². The first-order valence-electron chi connectivity index (χ1n) is 5.32. The molecule has 0 saturated carbocycles. The molecule has 0 radical (unpaired) electrons. The van der Waals surface area contributed by atoms with Gasteiger partial charge in [0.15, 0.2) is 0 Å². The summed E-state index contributed by atoms with van der Waals surface area (Å²) in [5.41, 5.74) is 0.149. The van der Waals surface area contributed by atoms with Gasteiger partial charge in [-0.05, 0) is 20.9 Å². The number of piperazine rings is 1. The van der Waals surface area contributed by atoms with Crippen molar-refractivity contribution in [2.24, 2.45) is 0 Å². The first kappa shape index (κ1) is 12.9. The van der Waals surface area contributed by atoms with Gasteiger partial charge in [0, 0.05) is 38.0 Å². The van der Waals surface area contributed by atoms with E-state index < -0.39 is 9.84 Å². The smallest absolute Gasteiger partial charge is 0.148 e. The van der Waals surface area contributed by atoms with Crippen LogP contribution < -0.4 is 0 Å². The van der Waals surface area contributed by atoms with E-state index in [4.69, 9.17) is 0 Å². The summed E-state index contributed by atoms with van der Waals surface area (Å²) >= 11 is 0. The Kier molecular flexibility index (Phi) is 3.79. The van der Waals surface area contributed by atoms with E-state index in [-0.39, 0.29) is 11.3 Å². The Hall–Kier alpha value is -0.130. The van der Waals surface area contributed by atoms with Crippen LogP contribution in [0.2, 0.25) is 0 Å². The molecule has 1 rings (SSSR count). The molecule has 0 aromatic carbocycles. The van der Waals surface area contributed by atoms with Crippen LogP contribution in [0.4, 0.5) is 0 Å². The molecule has 0 N–H and O–H groups in total. The summed E-state index contributed by atoms with van der Waals surface area (Å²) in [6.07, 6.45) is 1.30. The number of nitrogens with zero attached hydrogens (tertiary/aromatic N) is 2. The maximum absolute atomic E-state index is 11.1. The van der Waals surface area contributed by atoms with Crippen molar-refractivity contribution in [1.29, 1.82) is 0 Å². The van der Waals surface area contributed by atoms with Crippen molar-refractivity contribution in [2.75, 3.05) is 45.2 Å². The predicted molar refractivity (Wildman–Crippen MR) is 62.9 cm³/mol. The van der Waals surface area contributed by atoms with Crippen molar-refractivity contribution in [2.45, 2.75) is 19.4 Å². The summed E-state index contributed by atoms with van der Waals surface area (Å²) in [7, 11) is -0.711. The minimum absolute atomic E-state index is 0.149. The fourth-order valence-electron chi connectivity index (χ4n) is 1.83. The summed E-state index contributed by atoms with van der Waals surface area (Å²) in [6.45, 7) is 7.97. The quantitative estimate of drug-likeness (QED) is 0.692. The molecule has 0 amide bonds. The lowest BCUT2D eigenvalue weighted by molar-refractivity contribution is 0.0434. The summed E-state index contributed by atoms with van der Waals surface area (Å²) < 4.78 is 22.1. The van der Waals surface area contributed by atoms with Crippen LogP contribution in [0.15, 0.2) is 0 Å². The molecule has 0 aromatic heterocycles. The summed E-state index contributed by atoms with van der Waals surface area (Å²) in [6, 6.07) is 0. The third kappa shape index (κ3) is 4.09. The largest absolute Gasteiger partial charge is 0.299 e. The predicted octanol–water partition coefficient (Wildman–Crippen LogP) is 0.0570. The highest BCUT2D eigenvalue weighted by molar-refractivity contribution is 7.90. The Morgan fingerprint density at radius 1 is 1.27 bits per heavy atom. The van der Waals surface area contributed by atoms with E-state index >= 15 is 0 Å². The minimum Gasteiger partial charge on any atom is -0.299 e. The number of hydrogen-bond acceptors (Lipinski definition) is 4. The van der Waals surface area contributed by atoms with Gasteiger partial charge >= 0.3 is 0 Å². The van der Waals surface area contributed by atoms with Gasteiger partial charge in [0.2, 0.25) is 0 Å². The van der Waals surface area contributed by atoms with Crippen molar-refractivity contribution in [3.8, 4) is 0 Å². The molecule has 0 spiro atoms. The highest BCUT2D eigenvalue weighted by atomic mass is 32.2. The number of rotatable bonds is 3. The third-order valence-corrected chi connectivity index (χ3v) is 4.10. The molecule has 1 saturated heterocycles. The Labute approximate surface area is 93.2 Å². The van der Waals surface area contributed by atoms with Crippen LogP contribution in [0, 0.1) is 0 Å². The zero-order chi connectivity index (χ0) is 11.7. The van der Waals surface area contributed by atoms with Crippen LogP contribution in [0.5, 0.6) is 0 Å². The molecule has 1 fully saturated rings. The normalized spacial score (nSPS) is 24.3. The Morgan fingerprint density at radius 3 is 2.33 bits per heavy atom. The van der Waals surface area contributed by atoms with Gasteiger partial charge < -0.3 is 0 Å². The van der Waals surface area contributed by atoms with Gasteiger partial charge in [-0.3, -0.25) is 9.80 Å². The summed E-state index contributed by atoms with van der Waals surface area (Å²) in [4.78, 5) is 4.56. The Balaban J connectivity index is 2.46. The monoisotopic (exact) mass is 234 g/mol. The molecule has 1 aliphatic rings. The van der Waals surface area contributed by atoms with Gasteiger partial charge in [-0.2, -0.15) is 0 Å². The van der Waals surface area contributed by atoms with Gasteiger partial charge in [0.25, 0.3) is 0 Å².